The summed E-state index contributed by atoms with van der Waals surface area (Å²) in [6, 6.07) is 14.6. The van der Waals surface area contributed by atoms with Crippen molar-refractivity contribution in [2.45, 2.75) is 26.8 Å². The zero-order chi connectivity index (χ0) is 13.0. The Morgan fingerprint density at radius 3 is 2.28 bits per heavy atom. The molecule has 0 bridgehead atoms. The van der Waals surface area contributed by atoms with Crippen molar-refractivity contribution in [3.8, 4) is 0 Å². The molecule has 0 aromatic heterocycles. The molecule has 0 amide bonds. The Labute approximate surface area is 114 Å². The van der Waals surface area contributed by atoms with Crippen LogP contribution in [0.4, 0.5) is 5.69 Å². The monoisotopic (exact) mass is 259 g/mol. The summed E-state index contributed by atoms with van der Waals surface area (Å²) in [6.45, 7) is 5.03. The third-order valence-electron chi connectivity index (χ3n) is 3.12. The molecule has 94 valence electrons. The summed E-state index contributed by atoms with van der Waals surface area (Å²) >= 11 is 6.18. The molecule has 2 heteroatoms. The summed E-state index contributed by atoms with van der Waals surface area (Å²) in [7, 11) is 0. The molecule has 0 saturated carbocycles. The van der Waals surface area contributed by atoms with Gasteiger partial charge in [0.25, 0.3) is 0 Å². The van der Waals surface area contributed by atoms with E-state index in [4.69, 9.17) is 11.6 Å². The fourth-order valence-electron chi connectivity index (χ4n) is 1.94. The van der Waals surface area contributed by atoms with Gasteiger partial charge in [0.05, 0.1) is 10.7 Å². The second-order valence-corrected chi connectivity index (χ2v) is 4.86. The van der Waals surface area contributed by atoms with Gasteiger partial charge in [-0.2, -0.15) is 0 Å². The van der Waals surface area contributed by atoms with Crippen LogP contribution in [0.1, 0.15) is 23.6 Å². The minimum atomic E-state index is 0.778. The van der Waals surface area contributed by atoms with E-state index in [9.17, 15) is 0 Å². The summed E-state index contributed by atoms with van der Waals surface area (Å²) < 4.78 is 0. The largest absolute Gasteiger partial charge is 0.380 e. The molecular formula is C16H18ClN. The number of nitrogens with one attached hydrogen (secondary N) is 1. The molecule has 0 heterocycles. The van der Waals surface area contributed by atoms with Gasteiger partial charge in [-0.1, -0.05) is 54.9 Å². The summed E-state index contributed by atoms with van der Waals surface area (Å²) in [6.07, 6.45) is 1.08. The van der Waals surface area contributed by atoms with E-state index in [1.165, 1.54) is 16.7 Å². The van der Waals surface area contributed by atoms with Crippen LogP contribution in [0.25, 0.3) is 0 Å². The van der Waals surface area contributed by atoms with Gasteiger partial charge in [0.2, 0.25) is 0 Å². The summed E-state index contributed by atoms with van der Waals surface area (Å²) in [4.78, 5) is 0. The summed E-state index contributed by atoms with van der Waals surface area (Å²) in [5.74, 6) is 0. The van der Waals surface area contributed by atoms with E-state index in [0.717, 1.165) is 23.7 Å². The lowest BCUT2D eigenvalue weighted by molar-refractivity contribution is 1.10. The highest BCUT2D eigenvalue weighted by atomic mass is 35.5. The van der Waals surface area contributed by atoms with Crippen LogP contribution in [0.2, 0.25) is 5.02 Å². The number of rotatable bonds is 4. The first-order chi connectivity index (χ1) is 8.70. The standard InChI is InChI=1S/C16H18ClN/c1-3-13-7-9-14(10-8-13)11-18-16-12(2)5-4-6-15(16)17/h4-10,18H,3,11H2,1-2H3. The van der Waals surface area contributed by atoms with Crippen molar-refractivity contribution in [3.63, 3.8) is 0 Å². The molecule has 1 N–H and O–H groups in total. The van der Waals surface area contributed by atoms with Crippen molar-refractivity contribution < 1.29 is 0 Å². The van der Waals surface area contributed by atoms with E-state index in [0.29, 0.717) is 0 Å². The Morgan fingerprint density at radius 2 is 1.67 bits per heavy atom. The van der Waals surface area contributed by atoms with E-state index in [1.54, 1.807) is 0 Å². The van der Waals surface area contributed by atoms with Crippen LogP contribution >= 0.6 is 11.6 Å². The smallest absolute Gasteiger partial charge is 0.0640 e. The van der Waals surface area contributed by atoms with Gasteiger partial charge in [-0.25, -0.2) is 0 Å². The molecule has 1 nitrogen and oxygen atoms in total. The van der Waals surface area contributed by atoms with Gasteiger partial charge in [0.15, 0.2) is 0 Å². The molecule has 0 aliphatic heterocycles. The van der Waals surface area contributed by atoms with Crippen molar-refractivity contribution in [2.75, 3.05) is 5.32 Å². The molecule has 2 rings (SSSR count). The third-order valence-corrected chi connectivity index (χ3v) is 3.44. The molecule has 0 saturated heterocycles. The van der Waals surface area contributed by atoms with Crippen LogP contribution in [0, 0.1) is 6.92 Å². The molecular weight excluding hydrogens is 242 g/mol. The SMILES string of the molecule is CCc1ccc(CNc2c(C)cccc2Cl)cc1. The van der Waals surface area contributed by atoms with Gasteiger partial charge in [-0.05, 0) is 36.1 Å². The Bertz CT molecular complexity index is 497. The summed E-state index contributed by atoms with van der Waals surface area (Å²) in [5, 5.41) is 4.18. The highest BCUT2D eigenvalue weighted by molar-refractivity contribution is 6.33. The normalized spacial score (nSPS) is 10.4. The van der Waals surface area contributed by atoms with Crippen molar-refractivity contribution >= 4 is 17.3 Å². The van der Waals surface area contributed by atoms with Crippen molar-refractivity contribution in [3.05, 3.63) is 64.2 Å². The number of anilines is 1. The summed E-state index contributed by atoms with van der Waals surface area (Å²) in [5.41, 5.74) is 4.84. The molecule has 18 heavy (non-hydrogen) atoms. The molecule has 0 spiro atoms. The van der Waals surface area contributed by atoms with Gasteiger partial charge in [-0.15, -0.1) is 0 Å². The van der Waals surface area contributed by atoms with Crippen molar-refractivity contribution in [1.29, 1.82) is 0 Å². The molecule has 0 atom stereocenters. The average Bonchev–Trinajstić information content (AvgIpc) is 2.39. The molecule has 0 aliphatic carbocycles. The average molecular weight is 260 g/mol. The Balaban J connectivity index is 2.06. The second-order valence-electron chi connectivity index (χ2n) is 4.46. The zero-order valence-corrected chi connectivity index (χ0v) is 11.6. The first-order valence-electron chi connectivity index (χ1n) is 6.27. The van der Waals surface area contributed by atoms with E-state index in [-0.39, 0.29) is 0 Å². The molecule has 0 unspecified atom stereocenters. The van der Waals surface area contributed by atoms with Crippen LogP contribution in [-0.2, 0) is 13.0 Å². The fraction of sp³-hybridized carbons (Fsp3) is 0.250. The Kier molecular flexibility index (Phi) is 4.27. The quantitative estimate of drug-likeness (QED) is 0.830. The van der Waals surface area contributed by atoms with Crippen LogP contribution < -0.4 is 5.32 Å². The second kappa shape index (κ2) is 5.92. The van der Waals surface area contributed by atoms with Gasteiger partial charge < -0.3 is 5.32 Å². The van der Waals surface area contributed by atoms with Crippen LogP contribution in [0.3, 0.4) is 0 Å². The van der Waals surface area contributed by atoms with Crippen molar-refractivity contribution in [1.82, 2.24) is 0 Å². The first-order valence-corrected chi connectivity index (χ1v) is 6.65. The maximum absolute atomic E-state index is 6.18. The minimum absolute atomic E-state index is 0.778. The molecule has 0 radical (unpaired) electrons. The van der Waals surface area contributed by atoms with Crippen LogP contribution in [0.15, 0.2) is 42.5 Å². The third kappa shape index (κ3) is 3.05. The van der Waals surface area contributed by atoms with Crippen LogP contribution in [0.5, 0.6) is 0 Å². The minimum Gasteiger partial charge on any atom is -0.380 e. The number of halogens is 1. The lowest BCUT2D eigenvalue weighted by Crippen LogP contribution is -2.01. The van der Waals surface area contributed by atoms with Crippen molar-refractivity contribution in [2.24, 2.45) is 0 Å². The van der Waals surface area contributed by atoms with Gasteiger partial charge in [-0.3, -0.25) is 0 Å². The predicted octanol–water partition coefficient (Wildman–Crippen LogP) is 4.82. The zero-order valence-electron chi connectivity index (χ0n) is 10.8. The highest BCUT2D eigenvalue weighted by Gasteiger charge is 2.02. The Morgan fingerprint density at radius 1 is 1.00 bits per heavy atom. The number of hydrogen-bond acceptors (Lipinski definition) is 1. The predicted molar refractivity (Wildman–Crippen MR) is 79.3 cm³/mol. The topological polar surface area (TPSA) is 12.0 Å². The molecule has 0 aliphatic rings. The lowest BCUT2D eigenvalue weighted by atomic mass is 10.1. The molecule has 2 aromatic rings. The number of aryl methyl sites for hydroxylation is 2. The first kappa shape index (κ1) is 13.0. The number of para-hydroxylation sites is 1. The highest BCUT2D eigenvalue weighted by Crippen LogP contribution is 2.25. The maximum Gasteiger partial charge on any atom is 0.0640 e. The van der Waals surface area contributed by atoms with E-state index >= 15 is 0 Å². The number of hydrogen-bond donors (Lipinski definition) is 1. The maximum atomic E-state index is 6.18. The molecule has 0 fully saturated rings. The van der Waals surface area contributed by atoms with E-state index in [1.807, 2.05) is 12.1 Å². The van der Waals surface area contributed by atoms with E-state index < -0.39 is 0 Å². The number of benzene rings is 2. The molecule has 2 aromatic carbocycles. The fourth-order valence-corrected chi connectivity index (χ4v) is 2.23. The van der Waals surface area contributed by atoms with Gasteiger partial charge in [0.1, 0.15) is 0 Å². The van der Waals surface area contributed by atoms with E-state index in [2.05, 4.69) is 49.5 Å². The Hall–Kier alpha value is -1.47. The van der Waals surface area contributed by atoms with Gasteiger partial charge >= 0.3 is 0 Å². The van der Waals surface area contributed by atoms with Crippen LogP contribution in [-0.4, -0.2) is 0 Å². The lowest BCUT2D eigenvalue weighted by Gasteiger charge is -2.11. The van der Waals surface area contributed by atoms with Gasteiger partial charge in [0, 0.05) is 6.54 Å².